The molecule has 5 rings (SSSR count). The van der Waals surface area contributed by atoms with Gasteiger partial charge in [-0.1, -0.05) is 38.1 Å². The van der Waals surface area contributed by atoms with Crippen molar-refractivity contribution in [3.8, 4) is 0 Å². The Bertz CT molecular complexity index is 566. The van der Waals surface area contributed by atoms with Gasteiger partial charge < -0.3 is 5.32 Å². The molecule has 2 heteroatoms. The number of carbonyl (C=O) groups is 1. The van der Waals surface area contributed by atoms with Crippen LogP contribution < -0.4 is 5.32 Å². The van der Waals surface area contributed by atoms with Crippen LogP contribution in [0.3, 0.4) is 0 Å². The van der Waals surface area contributed by atoms with Crippen molar-refractivity contribution in [2.45, 2.75) is 76.7 Å². The molecule has 1 N–H and O–H groups in total. The van der Waals surface area contributed by atoms with Crippen LogP contribution in [-0.4, -0.2) is 11.4 Å². The van der Waals surface area contributed by atoms with Gasteiger partial charge in [0.15, 0.2) is 0 Å². The summed E-state index contributed by atoms with van der Waals surface area (Å²) >= 11 is 0. The number of rotatable bonds is 5. The summed E-state index contributed by atoms with van der Waals surface area (Å²) in [6, 6.07) is 8.79. The fourth-order valence-corrected chi connectivity index (χ4v) is 5.95. The molecule has 0 saturated heterocycles. The maximum absolute atomic E-state index is 12.6. The van der Waals surface area contributed by atoms with E-state index in [1.807, 2.05) is 0 Å². The summed E-state index contributed by atoms with van der Waals surface area (Å²) in [5, 5.41) is 3.49. The van der Waals surface area contributed by atoms with Crippen LogP contribution in [0.4, 0.5) is 0 Å². The molecule has 4 saturated carbocycles. The average Bonchev–Trinajstić information content (AvgIpc) is 2.51. The van der Waals surface area contributed by atoms with E-state index >= 15 is 0 Å². The van der Waals surface area contributed by atoms with Gasteiger partial charge in [0.1, 0.15) is 0 Å². The van der Waals surface area contributed by atoms with Gasteiger partial charge in [0.2, 0.25) is 5.91 Å². The van der Waals surface area contributed by atoms with E-state index in [9.17, 15) is 4.79 Å². The Hall–Kier alpha value is -1.31. The minimum atomic E-state index is 0.160. The van der Waals surface area contributed by atoms with E-state index in [0.29, 0.717) is 12.3 Å². The zero-order valence-electron chi connectivity index (χ0n) is 15.2. The lowest BCUT2D eigenvalue weighted by atomic mass is 9.53. The Kier molecular flexibility index (Phi) is 4.18. The van der Waals surface area contributed by atoms with Crippen LogP contribution in [0.2, 0.25) is 0 Å². The van der Waals surface area contributed by atoms with Crippen LogP contribution >= 0.6 is 0 Å². The maximum Gasteiger partial charge on any atom is 0.220 e. The third-order valence-corrected chi connectivity index (χ3v) is 6.73. The summed E-state index contributed by atoms with van der Waals surface area (Å²) in [7, 11) is 0. The Balaban J connectivity index is 1.32. The molecule has 0 spiro atoms. The van der Waals surface area contributed by atoms with Crippen LogP contribution in [0, 0.1) is 17.8 Å². The fraction of sp³-hybridized carbons (Fsp3) is 0.682. The highest BCUT2D eigenvalue weighted by Gasteiger charge is 2.51. The summed E-state index contributed by atoms with van der Waals surface area (Å²) in [5.74, 6) is 3.50. The molecule has 1 aromatic rings. The van der Waals surface area contributed by atoms with Gasteiger partial charge in [-0.3, -0.25) is 4.79 Å². The van der Waals surface area contributed by atoms with E-state index in [-0.39, 0.29) is 11.4 Å². The van der Waals surface area contributed by atoms with Gasteiger partial charge in [-0.15, -0.1) is 0 Å². The number of aryl methyl sites for hydroxylation is 1. The van der Waals surface area contributed by atoms with Crippen molar-refractivity contribution in [3.63, 3.8) is 0 Å². The van der Waals surface area contributed by atoms with E-state index in [4.69, 9.17) is 0 Å². The second-order valence-corrected chi connectivity index (χ2v) is 9.14. The summed E-state index contributed by atoms with van der Waals surface area (Å²) in [6.07, 6.45) is 9.50. The summed E-state index contributed by atoms with van der Waals surface area (Å²) in [4.78, 5) is 12.6. The molecule has 1 aromatic carbocycles. The Labute approximate surface area is 146 Å². The molecule has 0 aliphatic heterocycles. The van der Waals surface area contributed by atoms with Crippen molar-refractivity contribution < 1.29 is 4.79 Å². The molecule has 0 unspecified atom stereocenters. The lowest BCUT2D eigenvalue weighted by Crippen LogP contribution is -2.59. The molecule has 4 bridgehead atoms. The largest absolute Gasteiger partial charge is 0.351 e. The third-order valence-electron chi connectivity index (χ3n) is 6.73. The highest BCUT2D eigenvalue weighted by molar-refractivity contribution is 5.77. The predicted molar refractivity (Wildman–Crippen MR) is 97.9 cm³/mol. The first-order valence-corrected chi connectivity index (χ1v) is 9.91. The lowest BCUT2D eigenvalue weighted by molar-refractivity contribution is -0.126. The van der Waals surface area contributed by atoms with Crippen molar-refractivity contribution >= 4 is 5.91 Å². The van der Waals surface area contributed by atoms with Crippen molar-refractivity contribution in [2.75, 3.05) is 0 Å². The van der Waals surface area contributed by atoms with Gasteiger partial charge in [0.05, 0.1) is 0 Å². The topological polar surface area (TPSA) is 29.1 Å². The Morgan fingerprint density at radius 3 is 2.08 bits per heavy atom. The molecule has 24 heavy (non-hydrogen) atoms. The second kappa shape index (κ2) is 6.20. The molecule has 2 nitrogen and oxygen atoms in total. The molecule has 0 aromatic heterocycles. The van der Waals surface area contributed by atoms with Gasteiger partial charge >= 0.3 is 0 Å². The van der Waals surface area contributed by atoms with Crippen LogP contribution in [-0.2, 0) is 11.2 Å². The number of carbonyl (C=O) groups excluding carboxylic acids is 1. The summed E-state index contributed by atoms with van der Waals surface area (Å²) in [5.41, 5.74) is 2.81. The molecule has 0 heterocycles. The van der Waals surface area contributed by atoms with Gasteiger partial charge in [-0.2, -0.15) is 0 Å². The molecule has 0 atom stereocenters. The predicted octanol–water partition coefficient (Wildman–Crippen LogP) is 4.83. The van der Waals surface area contributed by atoms with Crippen molar-refractivity contribution in [1.82, 2.24) is 5.32 Å². The van der Waals surface area contributed by atoms with E-state index in [1.165, 1.54) is 49.7 Å². The van der Waals surface area contributed by atoms with E-state index in [2.05, 4.69) is 43.4 Å². The molecule has 4 fully saturated rings. The number of nitrogens with one attached hydrogen (secondary N) is 1. The summed E-state index contributed by atoms with van der Waals surface area (Å²) < 4.78 is 0. The molecule has 1 amide bonds. The summed E-state index contributed by atoms with van der Waals surface area (Å²) in [6.45, 7) is 4.43. The van der Waals surface area contributed by atoms with Crippen molar-refractivity contribution in [2.24, 2.45) is 17.8 Å². The molecule has 0 radical (unpaired) electrons. The third kappa shape index (κ3) is 3.25. The highest BCUT2D eigenvalue weighted by Crippen LogP contribution is 2.55. The molecule has 4 aliphatic carbocycles. The number of hydrogen-bond acceptors (Lipinski definition) is 1. The number of amides is 1. The zero-order valence-corrected chi connectivity index (χ0v) is 15.2. The standard InChI is InChI=1S/C22H31NO/c1-15(2)20-6-3-16(4-7-20)5-8-21(24)23-22-12-17-9-18(13-22)11-19(10-17)14-22/h3-4,6-7,15,17-19H,5,8-14H2,1-2H3,(H,23,24). The van der Waals surface area contributed by atoms with E-state index < -0.39 is 0 Å². The Morgan fingerprint density at radius 2 is 1.58 bits per heavy atom. The van der Waals surface area contributed by atoms with Crippen LogP contribution in [0.15, 0.2) is 24.3 Å². The Morgan fingerprint density at radius 1 is 1.04 bits per heavy atom. The van der Waals surface area contributed by atoms with E-state index in [1.54, 1.807) is 0 Å². The number of benzene rings is 1. The van der Waals surface area contributed by atoms with Gasteiger partial charge in [-0.25, -0.2) is 0 Å². The zero-order chi connectivity index (χ0) is 16.7. The van der Waals surface area contributed by atoms with Crippen LogP contribution in [0.25, 0.3) is 0 Å². The first-order valence-electron chi connectivity index (χ1n) is 9.91. The quantitative estimate of drug-likeness (QED) is 0.825. The van der Waals surface area contributed by atoms with Crippen molar-refractivity contribution in [3.05, 3.63) is 35.4 Å². The fourth-order valence-electron chi connectivity index (χ4n) is 5.95. The molecule has 4 aliphatic rings. The first kappa shape index (κ1) is 16.2. The highest BCUT2D eigenvalue weighted by atomic mass is 16.1. The number of hydrogen-bond donors (Lipinski definition) is 1. The molecule has 130 valence electrons. The van der Waals surface area contributed by atoms with Gasteiger partial charge in [0, 0.05) is 12.0 Å². The van der Waals surface area contributed by atoms with Gasteiger partial charge in [-0.05, 0) is 79.7 Å². The SMILES string of the molecule is CC(C)c1ccc(CCC(=O)NC23CC4CC(CC(C4)C2)C3)cc1. The van der Waals surface area contributed by atoms with Crippen LogP contribution in [0.5, 0.6) is 0 Å². The molecular weight excluding hydrogens is 294 g/mol. The second-order valence-electron chi connectivity index (χ2n) is 9.14. The minimum Gasteiger partial charge on any atom is -0.351 e. The average molecular weight is 325 g/mol. The molecular formula is C22H31NO. The monoisotopic (exact) mass is 325 g/mol. The maximum atomic E-state index is 12.6. The smallest absolute Gasteiger partial charge is 0.220 e. The van der Waals surface area contributed by atoms with Crippen LogP contribution in [0.1, 0.15) is 75.8 Å². The van der Waals surface area contributed by atoms with Crippen molar-refractivity contribution in [1.29, 1.82) is 0 Å². The lowest BCUT2D eigenvalue weighted by Gasteiger charge is -2.56. The van der Waals surface area contributed by atoms with Gasteiger partial charge in [0.25, 0.3) is 0 Å². The normalized spacial score (nSPS) is 33.9. The van der Waals surface area contributed by atoms with E-state index in [0.717, 1.165) is 24.2 Å². The minimum absolute atomic E-state index is 0.160. The first-order chi connectivity index (χ1) is 11.5.